The maximum Gasteiger partial charge on any atom is 0.0298 e. The van der Waals surface area contributed by atoms with Crippen molar-refractivity contribution in [3.63, 3.8) is 0 Å². The van der Waals surface area contributed by atoms with E-state index in [0.717, 1.165) is 19.3 Å². The molecule has 2 aromatic carbocycles. The minimum Gasteiger partial charge on any atom is -0.324 e. The highest BCUT2D eigenvalue weighted by Crippen LogP contribution is 2.18. The van der Waals surface area contributed by atoms with Gasteiger partial charge in [-0.15, -0.1) is 0 Å². The van der Waals surface area contributed by atoms with Gasteiger partial charge < -0.3 is 5.73 Å². The predicted octanol–water partition coefficient (Wildman–Crippen LogP) is 4.58. The fraction of sp³-hybridized carbons (Fsp3) is 0.368. The molecule has 0 aliphatic rings. The van der Waals surface area contributed by atoms with Crippen molar-refractivity contribution in [1.82, 2.24) is 0 Å². The van der Waals surface area contributed by atoms with E-state index in [0.29, 0.717) is 0 Å². The van der Waals surface area contributed by atoms with E-state index in [4.69, 9.17) is 5.73 Å². The van der Waals surface area contributed by atoms with Crippen LogP contribution >= 0.6 is 0 Å². The van der Waals surface area contributed by atoms with E-state index in [-0.39, 0.29) is 6.04 Å². The van der Waals surface area contributed by atoms with Crippen molar-refractivity contribution in [2.45, 2.75) is 45.6 Å². The van der Waals surface area contributed by atoms with Gasteiger partial charge in [-0.2, -0.15) is 0 Å². The third-order valence-corrected chi connectivity index (χ3v) is 3.77. The van der Waals surface area contributed by atoms with Crippen molar-refractivity contribution in [2.75, 3.05) is 0 Å². The molecule has 0 aromatic heterocycles. The van der Waals surface area contributed by atoms with Gasteiger partial charge in [-0.25, -0.2) is 0 Å². The molecular formula is C19H25N. The first kappa shape index (κ1) is 14.8. The number of aryl methyl sites for hydroxylation is 3. The first-order chi connectivity index (χ1) is 9.69. The van der Waals surface area contributed by atoms with Gasteiger partial charge in [-0.1, -0.05) is 67.4 Å². The zero-order valence-electron chi connectivity index (χ0n) is 12.6. The fourth-order valence-corrected chi connectivity index (χ4v) is 2.58. The summed E-state index contributed by atoms with van der Waals surface area (Å²) >= 11 is 0. The second-order valence-electron chi connectivity index (χ2n) is 5.63. The molecule has 20 heavy (non-hydrogen) atoms. The van der Waals surface area contributed by atoms with Crippen LogP contribution in [0.5, 0.6) is 0 Å². The zero-order valence-corrected chi connectivity index (χ0v) is 12.6. The molecule has 1 unspecified atom stereocenters. The number of rotatable bonds is 6. The molecule has 0 fully saturated rings. The monoisotopic (exact) mass is 267 g/mol. The van der Waals surface area contributed by atoms with Crippen LogP contribution in [0.25, 0.3) is 0 Å². The number of nitrogens with two attached hydrogens (primary N) is 1. The van der Waals surface area contributed by atoms with Crippen LogP contribution in [0.15, 0.2) is 48.5 Å². The van der Waals surface area contributed by atoms with Crippen LogP contribution in [0.2, 0.25) is 0 Å². The average molecular weight is 267 g/mol. The van der Waals surface area contributed by atoms with Gasteiger partial charge in [-0.05, 0) is 42.9 Å². The maximum atomic E-state index is 6.30. The van der Waals surface area contributed by atoms with Crippen LogP contribution in [-0.2, 0) is 12.8 Å². The van der Waals surface area contributed by atoms with Crippen LogP contribution in [0, 0.1) is 6.92 Å². The van der Waals surface area contributed by atoms with Crippen LogP contribution in [0.4, 0.5) is 0 Å². The van der Waals surface area contributed by atoms with Crippen LogP contribution in [0.1, 0.15) is 48.1 Å². The highest BCUT2D eigenvalue weighted by molar-refractivity contribution is 5.26. The van der Waals surface area contributed by atoms with Crippen molar-refractivity contribution in [2.24, 2.45) is 5.73 Å². The molecule has 0 spiro atoms. The Morgan fingerprint density at radius 3 is 2.35 bits per heavy atom. The smallest absolute Gasteiger partial charge is 0.0298 e. The lowest BCUT2D eigenvalue weighted by molar-refractivity contribution is 0.651. The summed E-state index contributed by atoms with van der Waals surface area (Å²) in [6.07, 6.45) is 4.38. The zero-order chi connectivity index (χ0) is 14.4. The van der Waals surface area contributed by atoms with E-state index < -0.39 is 0 Å². The summed E-state index contributed by atoms with van der Waals surface area (Å²) in [4.78, 5) is 0. The van der Waals surface area contributed by atoms with Gasteiger partial charge in [0.2, 0.25) is 0 Å². The summed E-state index contributed by atoms with van der Waals surface area (Å²) < 4.78 is 0. The molecule has 2 rings (SSSR count). The second kappa shape index (κ2) is 7.25. The molecule has 0 heterocycles. The highest BCUT2D eigenvalue weighted by Gasteiger charge is 2.06. The Hall–Kier alpha value is -1.60. The summed E-state index contributed by atoms with van der Waals surface area (Å²) in [5.41, 5.74) is 11.7. The van der Waals surface area contributed by atoms with Gasteiger partial charge in [-0.3, -0.25) is 0 Å². The first-order valence-corrected chi connectivity index (χ1v) is 7.59. The van der Waals surface area contributed by atoms with Gasteiger partial charge in [0.15, 0.2) is 0 Å². The van der Waals surface area contributed by atoms with Gasteiger partial charge >= 0.3 is 0 Å². The summed E-state index contributed by atoms with van der Waals surface area (Å²) in [5, 5.41) is 0. The lowest BCUT2D eigenvalue weighted by atomic mass is 9.97. The molecule has 106 valence electrons. The number of hydrogen-bond donors (Lipinski definition) is 1. The SMILES string of the molecule is CCCc1ccc(C(N)CCc2cccc(C)c2)cc1. The summed E-state index contributed by atoms with van der Waals surface area (Å²) in [6, 6.07) is 17.6. The second-order valence-corrected chi connectivity index (χ2v) is 5.63. The topological polar surface area (TPSA) is 26.0 Å². The fourth-order valence-electron chi connectivity index (χ4n) is 2.58. The Balaban J connectivity index is 1.92. The number of benzene rings is 2. The lowest BCUT2D eigenvalue weighted by Crippen LogP contribution is -2.11. The molecule has 2 aromatic rings. The molecule has 2 N–H and O–H groups in total. The van der Waals surface area contributed by atoms with Crippen molar-refractivity contribution in [3.8, 4) is 0 Å². The number of hydrogen-bond acceptors (Lipinski definition) is 1. The van der Waals surface area contributed by atoms with Crippen LogP contribution < -0.4 is 5.73 Å². The van der Waals surface area contributed by atoms with Crippen molar-refractivity contribution in [1.29, 1.82) is 0 Å². The quantitative estimate of drug-likeness (QED) is 0.814. The van der Waals surface area contributed by atoms with Crippen molar-refractivity contribution < 1.29 is 0 Å². The van der Waals surface area contributed by atoms with E-state index in [1.165, 1.54) is 28.7 Å². The van der Waals surface area contributed by atoms with Gasteiger partial charge in [0.05, 0.1) is 0 Å². The summed E-state index contributed by atoms with van der Waals surface area (Å²) in [6.45, 7) is 4.34. The van der Waals surface area contributed by atoms with Crippen LogP contribution in [0.3, 0.4) is 0 Å². The molecule has 0 saturated carbocycles. The molecule has 0 aliphatic heterocycles. The molecule has 0 radical (unpaired) electrons. The minimum atomic E-state index is 0.131. The maximum absolute atomic E-state index is 6.30. The van der Waals surface area contributed by atoms with Crippen molar-refractivity contribution >= 4 is 0 Å². The van der Waals surface area contributed by atoms with Gasteiger partial charge in [0.25, 0.3) is 0 Å². The molecule has 0 amide bonds. The van der Waals surface area contributed by atoms with Crippen molar-refractivity contribution in [3.05, 3.63) is 70.8 Å². The molecule has 1 heteroatoms. The van der Waals surface area contributed by atoms with Gasteiger partial charge in [0, 0.05) is 6.04 Å². The Bertz CT molecular complexity index is 528. The molecule has 0 aliphatic carbocycles. The molecule has 1 nitrogen and oxygen atoms in total. The van der Waals surface area contributed by atoms with Crippen LogP contribution in [-0.4, -0.2) is 0 Å². The largest absolute Gasteiger partial charge is 0.324 e. The standard InChI is InChI=1S/C19H25N/c1-3-5-16-8-11-18(12-9-16)19(20)13-10-17-7-4-6-15(2)14-17/h4,6-9,11-12,14,19H,3,5,10,13,20H2,1-2H3. The molecule has 0 bridgehead atoms. The van der Waals surface area contributed by atoms with E-state index >= 15 is 0 Å². The third-order valence-electron chi connectivity index (χ3n) is 3.77. The summed E-state index contributed by atoms with van der Waals surface area (Å²) in [5.74, 6) is 0. The first-order valence-electron chi connectivity index (χ1n) is 7.59. The Morgan fingerprint density at radius 2 is 1.70 bits per heavy atom. The van der Waals surface area contributed by atoms with E-state index in [2.05, 4.69) is 62.4 Å². The highest BCUT2D eigenvalue weighted by atomic mass is 14.6. The van der Waals surface area contributed by atoms with E-state index in [1.807, 2.05) is 0 Å². The Labute approximate surface area is 122 Å². The van der Waals surface area contributed by atoms with E-state index in [9.17, 15) is 0 Å². The van der Waals surface area contributed by atoms with Gasteiger partial charge in [0.1, 0.15) is 0 Å². The van der Waals surface area contributed by atoms with E-state index in [1.54, 1.807) is 0 Å². The average Bonchev–Trinajstić information content (AvgIpc) is 2.46. The lowest BCUT2D eigenvalue weighted by Gasteiger charge is -2.13. The Kier molecular flexibility index (Phi) is 5.37. The summed E-state index contributed by atoms with van der Waals surface area (Å²) in [7, 11) is 0. The normalized spacial score (nSPS) is 12.3. The third kappa shape index (κ3) is 4.21. The molecular weight excluding hydrogens is 242 g/mol. The Morgan fingerprint density at radius 1 is 0.950 bits per heavy atom. The molecule has 1 atom stereocenters. The molecule has 0 saturated heterocycles. The minimum absolute atomic E-state index is 0.131. The predicted molar refractivity (Wildman–Crippen MR) is 86.9 cm³/mol.